The fraction of sp³-hybridized carbons (Fsp3) is 0.846. The molecule has 5 nitrogen and oxygen atoms in total. The lowest BCUT2D eigenvalue weighted by atomic mass is 9.71. The van der Waals surface area contributed by atoms with Crippen LogP contribution in [0.2, 0.25) is 0 Å². The number of aliphatic imine (C=N–C) groups is 1. The highest BCUT2D eigenvalue weighted by Gasteiger charge is 2.50. The molecule has 5 heteroatoms. The van der Waals surface area contributed by atoms with Crippen LogP contribution in [-0.2, 0) is 9.53 Å². The SMILES string of the molecule is CCC1CCCCC12NC(=NCCOC)NC2=O. The zero-order valence-corrected chi connectivity index (χ0v) is 11.3. The van der Waals surface area contributed by atoms with Gasteiger partial charge in [0.05, 0.1) is 13.2 Å². The zero-order valence-electron chi connectivity index (χ0n) is 11.3. The Morgan fingerprint density at radius 2 is 2.33 bits per heavy atom. The molecule has 0 aromatic carbocycles. The van der Waals surface area contributed by atoms with Gasteiger partial charge in [-0.25, -0.2) is 0 Å². The fourth-order valence-electron chi connectivity index (χ4n) is 3.11. The Morgan fingerprint density at radius 3 is 3.06 bits per heavy atom. The van der Waals surface area contributed by atoms with Crippen molar-refractivity contribution in [2.75, 3.05) is 20.3 Å². The number of amides is 1. The first-order chi connectivity index (χ1) is 8.73. The van der Waals surface area contributed by atoms with Crippen LogP contribution in [-0.4, -0.2) is 37.7 Å². The van der Waals surface area contributed by atoms with Crippen LogP contribution in [0, 0.1) is 5.92 Å². The minimum absolute atomic E-state index is 0.102. The van der Waals surface area contributed by atoms with Gasteiger partial charge in [-0.2, -0.15) is 0 Å². The molecule has 1 aliphatic carbocycles. The number of hydrogen-bond donors (Lipinski definition) is 2. The number of carbonyl (C=O) groups excluding carboxylic acids is 1. The predicted molar refractivity (Wildman–Crippen MR) is 70.4 cm³/mol. The molecule has 1 saturated carbocycles. The molecule has 2 atom stereocenters. The van der Waals surface area contributed by atoms with Gasteiger partial charge in [-0.15, -0.1) is 0 Å². The third kappa shape index (κ3) is 2.36. The summed E-state index contributed by atoms with van der Waals surface area (Å²) < 4.78 is 4.96. The van der Waals surface area contributed by atoms with Gasteiger partial charge in [-0.1, -0.05) is 26.2 Å². The molecular formula is C13H23N3O2. The number of nitrogens with zero attached hydrogens (tertiary/aromatic N) is 1. The molecule has 2 unspecified atom stereocenters. The van der Waals surface area contributed by atoms with E-state index in [1.54, 1.807) is 7.11 Å². The van der Waals surface area contributed by atoms with E-state index in [2.05, 4.69) is 22.5 Å². The number of ether oxygens (including phenoxy) is 1. The molecule has 0 aromatic rings. The van der Waals surface area contributed by atoms with Crippen molar-refractivity contribution in [3.05, 3.63) is 0 Å². The summed E-state index contributed by atoms with van der Waals surface area (Å²) >= 11 is 0. The summed E-state index contributed by atoms with van der Waals surface area (Å²) in [6.45, 7) is 3.31. The minimum atomic E-state index is -0.404. The van der Waals surface area contributed by atoms with Crippen LogP contribution in [0.25, 0.3) is 0 Å². The molecule has 0 radical (unpaired) electrons. The molecule has 2 rings (SSSR count). The van der Waals surface area contributed by atoms with Crippen LogP contribution in [0.5, 0.6) is 0 Å². The van der Waals surface area contributed by atoms with Crippen LogP contribution in [0.4, 0.5) is 0 Å². The second-order valence-corrected chi connectivity index (χ2v) is 5.12. The molecule has 18 heavy (non-hydrogen) atoms. The van der Waals surface area contributed by atoms with E-state index in [9.17, 15) is 4.79 Å². The van der Waals surface area contributed by atoms with Crippen LogP contribution >= 0.6 is 0 Å². The molecule has 1 saturated heterocycles. The lowest BCUT2D eigenvalue weighted by molar-refractivity contribution is -0.127. The predicted octanol–water partition coefficient (Wildman–Crippen LogP) is 1.05. The number of guanidine groups is 1. The van der Waals surface area contributed by atoms with Crippen LogP contribution in [0.3, 0.4) is 0 Å². The van der Waals surface area contributed by atoms with Crippen LogP contribution < -0.4 is 10.6 Å². The number of methoxy groups -OCH3 is 1. The Kier molecular flexibility index (Phi) is 4.22. The van der Waals surface area contributed by atoms with Crippen molar-refractivity contribution in [3.8, 4) is 0 Å². The largest absolute Gasteiger partial charge is 0.383 e. The van der Waals surface area contributed by atoms with Crippen LogP contribution in [0.1, 0.15) is 39.0 Å². The molecular weight excluding hydrogens is 230 g/mol. The normalized spacial score (nSPS) is 33.8. The maximum absolute atomic E-state index is 12.3. The summed E-state index contributed by atoms with van der Waals surface area (Å²) in [5.41, 5.74) is -0.404. The zero-order chi connectivity index (χ0) is 13.0. The summed E-state index contributed by atoms with van der Waals surface area (Å²) in [7, 11) is 1.65. The van der Waals surface area contributed by atoms with Gasteiger partial charge in [0, 0.05) is 7.11 Å². The van der Waals surface area contributed by atoms with E-state index < -0.39 is 5.54 Å². The Hall–Kier alpha value is -1.10. The second kappa shape index (κ2) is 5.69. The van der Waals surface area contributed by atoms with Gasteiger partial charge in [0.2, 0.25) is 0 Å². The Balaban J connectivity index is 2.09. The van der Waals surface area contributed by atoms with Gasteiger partial charge in [-0.3, -0.25) is 15.1 Å². The van der Waals surface area contributed by atoms with E-state index in [0.717, 1.165) is 25.7 Å². The summed E-state index contributed by atoms with van der Waals surface area (Å²) in [5, 5.41) is 6.23. The first-order valence-corrected chi connectivity index (χ1v) is 6.86. The van der Waals surface area contributed by atoms with E-state index in [-0.39, 0.29) is 5.91 Å². The van der Waals surface area contributed by atoms with Gasteiger partial charge in [0.15, 0.2) is 5.96 Å². The third-order valence-corrected chi connectivity index (χ3v) is 4.11. The van der Waals surface area contributed by atoms with Crippen molar-refractivity contribution in [2.24, 2.45) is 10.9 Å². The average Bonchev–Trinajstić information content (AvgIpc) is 2.68. The van der Waals surface area contributed by atoms with Gasteiger partial charge < -0.3 is 10.1 Å². The molecule has 1 amide bonds. The van der Waals surface area contributed by atoms with Gasteiger partial charge in [-0.05, 0) is 18.8 Å². The molecule has 0 aromatic heterocycles. The minimum Gasteiger partial charge on any atom is -0.383 e. The number of nitrogens with one attached hydrogen (secondary N) is 2. The smallest absolute Gasteiger partial charge is 0.252 e. The summed E-state index contributed by atoms with van der Waals surface area (Å²) in [4.78, 5) is 16.6. The molecule has 1 spiro atoms. The molecule has 1 heterocycles. The highest BCUT2D eigenvalue weighted by atomic mass is 16.5. The molecule has 2 fully saturated rings. The second-order valence-electron chi connectivity index (χ2n) is 5.12. The highest BCUT2D eigenvalue weighted by Crippen LogP contribution is 2.37. The van der Waals surface area contributed by atoms with E-state index in [0.29, 0.717) is 25.0 Å². The van der Waals surface area contributed by atoms with Gasteiger partial charge >= 0.3 is 0 Å². The fourth-order valence-corrected chi connectivity index (χ4v) is 3.11. The third-order valence-electron chi connectivity index (χ3n) is 4.11. The average molecular weight is 253 g/mol. The van der Waals surface area contributed by atoms with Crippen molar-refractivity contribution in [3.63, 3.8) is 0 Å². The quantitative estimate of drug-likeness (QED) is 0.736. The van der Waals surface area contributed by atoms with E-state index >= 15 is 0 Å². The Labute approximate surface area is 108 Å². The summed E-state index contributed by atoms with van der Waals surface area (Å²) in [6, 6.07) is 0. The summed E-state index contributed by atoms with van der Waals surface area (Å²) in [5.74, 6) is 1.14. The lowest BCUT2D eigenvalue weighted by Gasteiger charge is -2.38. The van der Waals surface area contributed by atoms with Gasteiger partial charge in [0.1, 0.15) is 5.54 Å². The molecule has 2 aliphatic rings. The maximum atomic E-state index is 12.3. The Morgan fingerprint density at radius 1 is 1.50 bits per heavy atom. The van der Waals surface area contributed by atoms with Crippen molar-refractivity contribution >= 4 is 11.9 Å². The number of hydrogen-bond acceptors (Lipinski definition) is 3. The van der Waals surface area contributed by atoms with Crippen molar-refractivity contribution in [2.45, 2.75) is 44.6 Å². The topological polar surface area (TPSA) is 62.7 Å². The molecule has 1 aliphatic heterocycles. The van der Waals surface area contributed by atoms with E-state index in [1.807, 2.05) is 0 Å². The summed E-state index contributed by atoms with van der Waals surface area (Å²) in [6.07, 6.45) is 5.42. The Bertz CT molecular complexity index is 343. The number of carbonyl (C=O) groups is 1. The lowest BCUT2D eigenvalue weighted by Crippen LogP contribution is -2.54. The standard InChI is InChI=1S/C13H23N3O2/c1-3-10-6-4-5-7-13(10)11(17)15-12(16-13)14-8-9-18-2/h10H,3-9H2,1-2H3,(H2,14,15,16,17). The van der Waals surface area contributed by atoms with Crippen LogP contribution in [0.15, 0.2) is 4.99 Å². The molecule has 2 N–H and O–H groups in total. The van der Waals surface area contributed by atoms with Crippen molar-refractivity contribution < 1.29 is 9.53 Å². The first-order valence-electron chi connectivity index (χ1n) is 6.86. The van der Waals surface area contributed by atoms with Crippen molar-refractivity contribution in [1.29, 1.82) is 0 Å². The van der Waals surface area contributed by atoms with E-state index in [1.165, 1.54) is 6.42 Å². The van der Waals surface area contributed by atoms with E-state index in [4.69, 9.17) is 4.74 Å². The highest BCUT2D eigenvalue weighted by molar-refractivity contribution is 6.09. The number of rotatable bonds is 4. The first kappa shape index (κ1) is 13.3. The molecule has 102 valence electrons. The van der Waals surface area contributed by atoms with Crippen molar-refractivity contribution in [1.82, 2.24) is 10.6 Å². The monoisotopic (exact) mass is 253 g/mol. The maximum Gasteiger partial charge on any atom is 0.252 e. The molecule has 0 bridgehead atoms. The van der Waals surface area contributed by atoms with Gasteiger partial charge in [0.25, 0.3) is 5.91 Å².